The highest BCUT2D eigenvalue weighted by molar-refractivity contribution is 7.88. The molecule has 0 unspecified atom stereocenters. The first-order valence-electron chi connectivity index (χ1n) is 7.70. The normalized spacial score (nSPS) is 19.4. The van der Waals surface area contributed by atoms with Crippen LogP contribution >= 0.6 is 0 Å². The van der Waals surface area contributed by atoms with Gasteiger partial charge in [0.25, 0.3) is 5.91 Å². The number of piperidine rings is 1. The van der Waals surface area contributed by atoms with Gasteiger partial charge in [0.1, 0.15) is 5.69 Å². The van der Waals surface area contributed by atoms with Gasteiger partial charge in [-0.3, -0.25) is 9.48 Å². The second-order valence-electron chi connectivity index (χ2n) is 5.66. The molecule has 0 aliphatic carbocycles. The number of nitrogens with zero attached hydrogens (tertiary/aromatic N) is 3. The number of aryl methyl sites for hydroxylation is 1. The van der Waals surface area contributed by atoms with Crippen LogP contribution in [0.5, 0.6) is 0 Å². The Kier molecular flexibility index (Phi) is 5.57. The summed E-state index contributed by atoms with van der Waals surface area (Å²) in [5, 5.41) is 4.27. The highest BCUT2D eigenvalue weighted by Crippen LogP contribution is 2.21. The first-order valence-corrected chi connectivity index (χ1v) is 9.59. The minimum absolute atomic E-state index is 0.0590. The Hall–Kier alpha value is -1.41. The van der Waals surface area contributed by atoms with Gasteiger partial charge in [0, 0.05) is 31.9 Å². The summed E-state index contributed by atoms with van der Waals surface area (Å²) < 4.78 is 26.5. The summed E-state index contributed by atoms with van der Waals surface area (Å²) in [6.07, 6.45) is 6.54. The molecule has 0 spiro atoms. The molecule has 2 rings (SSSR count). The first kappa shape index (κ1) is 17.0. The molecule has 0 radical (unpaired) electrons. The van der Waals surface area contributed by atoms with Crippen LogP contribution in [-0.2, 0) is 16.6 Å². The van der Waals surface area contributed by atoms with Crippen LogP contribution in [0.3, 0.4) is 0 Å². The van der Waals surface area contributed by atoms with Gasteiger partial charge in [-0.1, -0.05) is 0 Å². The fourth-order valence-corrected chi connectivity index (χ4v) is 3.27. The van der Waals surface area contributed by atoms with Crippen LogP contribution in [-0.4, -0.2) is 54.4 Å². The van der Waals surface area contributed by atoms with Crippen LogP contribution < -0.4 is 4.72 Å². The molecule has 0 saturated carbocycles. The molecule has 1 aromatic rings. The summed E-state index contributed by atoms with van der Waals surface area (Å²) >= 11 is 0. The molecule has 22 heavy (non-hydrogen) atoms. The molecular weight excluding hydrogens is 304 g/mol. The highest BCUT2D eigenvalue weighted by atomic mass is 32.2. The fourth-order valence-electron chi connectivity index (χ4n) is 2.78. The van der Waals surface area contributed by atoms with Crippen LogP contribution in [0.1, 0.15) is 43.1 Å². The van der Waals surface area contributed by atoms with Gasteiger partial charge in [-0.05, 0) is 38.7 Å². The van der Waals surface area contributed by atoms with Gasteiger partial charge in [-0.2, -0.15) is 5.10 Å². The summed E-state index contributed by atoms with van der Waals surface area (Å²) in [7, 11) is -3.18. The Bertz CT molecular complexity index is 611. The van der Waals surface area contributed by atoms with Crippen molar-refractivity contribution in [1.29, 1.82) is 0 Å². The van der Waals surface area contributed by atoms with Crippen molar-refractivity contribution in [2.24, 2.45) is 0 Å². The largest absolute Gasteiger partial charge is 0.334 e. The lowest BCUT2D eigenvalue weighted by molar-refractivity contribution is 0.0597. The Labute approximate surface area is 131 Å². The third-order valence-corrected chi connectivity index (χ3v) is 4.64. The van der Waals surface area contributed by atoms with E-state index in [0.29, 0.717) is 25.2 Å². The van der Waals surface area contributed by atoms with E-state index in [0.717, 1.165) is 32.1 Å². The number of nitrogens with one attached hydrogen (secondary N) is 1. The monoisotopic (exact) mass is 328 g/mol. The van der Waals surface area contributed by atoms with E-state index in [-0.39, 0.29) is 11.9 Å². The fraction of sp³-hybridized carbons (Fsp3) is 0.714. The second-order valence-corrected chi connectivity index (χ2v) is 7.49. The maximum absolute atomic E-state index is 12.6. The van der Waals surface area contributed by atoms with Gasteiger partial charge in [-0.25, -0.2) is 13.1 Å². The summed E-state index contributed by atoms with van der Waals surface area (Å²) in [6, 6.07) is 1.81. The molecule has 1 N–H and O–H groups in total. The lowest BCUT2D eigenvalue weighted by Gasteiger charge is -2.35. The molecule has 1 aliphatic rings. The number of sulfonamides is 1. The average Bonchev–Trinajstić information content (AvgIpc) is 2.95. The molecule has 1 aliphatic heterocycles. The van der Waals surface area contributed by atoms with Crippen LogP contribution in [0.25, 0.3) is 0 Å². The van der Waals surface area contributed by atoms with Gasteiger partial charge in [0.05, 0.1) is 6.26 Å². The van der Waals surface area contributed by atoms with E-state index in [4.69, 9.17) is 0 Å². The van der Waals surface area contributed by atoms with Crippen LogP contribution in [0, 0.1) is 0 Å². The third-order valence-electron chi connectivity index (χ3n) is 3.91. The van der Waals surface area contributed by atoms with E-state index >= 15 is 0 Å². The molecular formula is C14H24N4O3S. The number of hydrogen-bond acceptors (Lipinski definition) is 4. The molecule has 0 bridgehead atoms. The number of likely N-dealkylation sites (tertiary alicyclic amines) is 1. The number of amides is 1. The number of carbonyl (C=O) groups is 1. The molecule has 1 atom stereocenters. The zero-order valence-electron chi connectivity index (χ0n) is 13.2. The summed E-state index contributed by atoms with van der Waals surface area (Å²) in [6.45, 7) is 3.77. The molecule has 8 heteroatoms. The van der Waals surface area contributed by atoms with Crippen LogP contribution in [0.2, 0.25) is 0 Å². The van der Waals surface area contributed by atoms with E-state index in [2.05, 4.69) is 9.82 Å². The third kappa shape index (κ3) is 4.54. The Morgan fingerprint density at radius 2 is 2.23 bits per heavy atom. The number of rotatable bonds is 6. The summed E-state index contributed by atoms with van der Waals surface area (Å²) in [4.78, 5) is 14.5. The van der Waals surface area contributed by atoms with Crippen molar-refractivity contribution < 1.29 is 13.2 Å². The van der Waals surface area contributed by atoms with E-state index in [1.165, 1.54) is 0 Å². The molecule has 7 nitrogen and oxygen atoms in total. The van der Waals surface area contributed by atoms with E-state index < -0.39 is 10.0 Å². The number of carbonyl (C=O) groups excluding carboxylic acids is 1. The van der Waals surface area contributed by atoms with Crippen molar-refractivity contribution in [2.75, 3.05) is 19.3 Å². The quantitative estimate of drug-likeness (QED) is 0.838. The van der Waals surface area contributed by atoms with Gasteiger partial charge in [0.15, 0.2) is 0 Å². The Morgan fingerprint density at radius 1 is 1.45 bits per heavy atom. The van der Waals surface area contributed by atoms with Gasteiger partial charge < -0.3 is 4.90 Å². The van der Waals surface area contributed by atoms with Crippen LogP contribution in [0.15, 0.2) is 12.3 Å². The van der Waals surface area contributed by atoms with Gasteiger partial charge >= 0.3 is 0 Å². The molecule has 124 valence electrons. The molecule has 1 aromatic heterocycles. The maximum Gasteiger partial charge on any atom is 0.274 e. The predicted octanol–water partition coefficient (Wildman–Crippen LogP) is 0.837. The number of aromatic nitrogens is 2. The second kappa shape index (κ2) is 7.23. The molecule has 2 heterocycles. The SMILES string of the molecule is CCn1ccc(C(=O)N2CCCC[C@H]2CCNS(C)(=O)=O)n1. The first-order chi connectivity index (χ1) is 10.4. The molecule has 0 aromatic carbocycles. The van der Waals surface area contributed by atoms with Crippen molar-refractivity contribution in [3.05, 3.63) is 18.0 Å². The topological polar surface area (TPSA) is 84.3 Å². The van der Waals surface area contributed by atoms with Crippen molar-refractivity contribution in [3.8, 4) is 0 Å². The van der Waals surface area contributed by atoms with Crippen LogP contribution in [0.4, 0.5) is 0 Å². The zero-order chi connectivity index (χ0) is 16.2. The number of hydrogen-bond donors (Lipinski definition) is 1. The summed E-state index contributed by atoms with van der Waals surface area (Å²) in [5.74, 6) is -0.0590. The predicted molar refractivity (Wildman–Crippen MR) is 84.0 cm³/mol. The van der Waals surface area contributed by atoms with E-state index in [9.17, 15) is 13.2 Å². The zero-order valence-corrected chi connectivity index (χ0v) is 14.0. The van der Waals surface area contributed by atoms with Crippen molar-refractivity contribution in [3.63, 3.8) is 0 Å². The highest BCUT2D eigenvalue weighted by Gasteiger charge is 2.28. The smallest absolute Gasteiger partial charge is 0.274 e. The molecule has 1 fully saturated rings. The lowest BCUT2D eigenvalue weighted by atomic mass is 9.99. The Morgan fingerprint density at radius 3 is 2.86 bits per heavy atom. The van der Waals surface area contributed by atoms with Crippen molar-refractivity contribution in [1.82, 2.24) is 19.4 Å². The Balaban J connectivity index is 2.00. The molecule has 1 amide bonds. The minimum atomic E-state index is -3.18. The van der Waals surface area contributed by atoms with E-state index in [1.807, 2.05) is 11.8 Å². The lowest BCUT2D eigenvalue weighted by Crippen LogP contribution is -2.45. The summed E-state index contributed by atoms with van der Waals surface area (Å²) in [5.41, 5.74) is 0.463. The van der Waals surface area contributed by atoms with Crippen molar-refractivity contribution in [2.45, 2.75) is 45.2 Å². The standard InChI is InChI=1S/C14H24N4O3S/c1-3-17-11-8-13(16-17)14(19)18-10-5-4-6-12(18)7-9-15-22(2,20)21/h8,11-12,15H,3-7,9-10H2,1-2H3/t12-/m0/s1. The van der Waals surface area contributed by atoms with Gasteiger partial charge in [-0.15, -0.1) is 0 Å². The van der Waals surface area contributed by atoms with Gasteiger partial charge in [0.2, 0.25) is 10.0 Å². The maximum atomic E-state index is 12.6. The average molecular weight is 328 g/mol. The molecule has 1 saturated heterocycles. The van der Waals surface area contributed by atoms with E-state index in [1.54, 1.807) is 16.9 Å². The van der Waals surface area contributed by atoms with Crippen molar-refractivity contribution >= 4 is 15.9 Å². The minimum Gasteiger partial charge on any atom is -0.334 e.